The molecule has 0 radical (unpaired) electrons. The quantitative estimate of drug-likeness (QED) is 0.342. The Morgan fingerprint density at radius 3 is 2.71 bits per heavy atom. The number of amidine groups is 1. The predicted octanol–water partition coefficient (Wildman–Crippen LogP) is 0.721. The first kappa shape index (κ1) is 11.6. The molecule has 0 unspecified atom stereocenters. The fourth-order valence-corrected chi connectivity index (χ4v) is 1.57. The van der Waals surface area contributed by atoms with Crippen LogP contribution >= 0.6 is 0 Å². The molecule has 92 valence electrons. The molecule has 0 bridgehead atoms. The van der Waals surface area contributed by atoms with Crippen LogP contribution in [0.4, 0.5) is 10.3 Å². The molecule has 1 aliphatic rings. The van der Waals surface area contributed by atoms with Crippen molar-refractivity contribution >= 4 is 11.8 Å². The Bertz CT molecular complexity index is 404. The molecule has 2 rings (SSSR count). The number of nitrogens with two attached hydrogens (primary N) is 1. The molecule has 0 aliphatic heterocycles. The van der Waals surface area contributed by atoms with Crippen molar-refractivity contribution in [3.8, 4) is 0 Å². The first-order chi connectivity index (χ1) is 8.20. The van der Waals surface area contributed by atoms with Crippen molar-refractivity contribution in [3.05, 3.63) is 18.2 Å². The molecular weight excluding hydrogens is 225 g/mol. The lowest BCUT2D eigenvalue weighted by atomic mass is 10.3. The summed E-state index contributed by atoms with van der Waals surface area (Å²) in [5.74, 6) is 0.193. The van der Waals surface area contributed by atoms with Crippen LogP contribution in [0.2, 0.25) is 0 Å². The van der Waals surface area contributed by atoms with Gasteiger partial charge in [0.15, 0.2) is 5.82 Å². The Balaban J connectivity index is 2.04. The van der Waals surface area contributed by atoms with Gasteiger partial charge in [-0.2, -0.15) is 0 Å². The molecule has 17 heavy (non-hydrogen) atoms. The van der Waals surface area contributed by atoms with Crippen LogP contribution in [0.1, 0.15) is 19.3 Å². The lowest BCUT2D eigenvalue weighted by molar-refractivity contribution is 0.317. The third-order valence-electron chi connectivity index (χ3n) is 2.59. The minimum Gasteiger partial charge on any atom is -0.409 e. The number of aromatic nitrogens is 2. The SMILES string of the molecule is NC(CCN(c1ncc(F)cn1)C1CC1)=NO. The third-order valence-corrected chi connectivity index (χ3v) is 2.59. The Kier molecular flexibility index (Phi) is 3.36. The second kappa shape index (κ2) is 4.94. The van der Waals surface area contributed by atoms with Crippen LogP contribution in [-0.4, -0.2) is 33.6 Å². The predicted molar refractivity (Wildman–Crippen MR) is 60.4 cm³/mol. The van der Waals surface area contributed by atoms with E-state index in [0.29, 0.717) is 25.0 Å². The molecule has 1 aliphatic carbocycles. The minimum atomic E-state index is -0.457. The molecule has 3 N–H and O–H groups in total. The molecule has 0 spiro atoms. The summed E-state index contributed by atoms with van der Waals surface area (Å²) in [4.78, 5) is 9.84. The lowest BCUT2D eigenvalue weighted by Gasteiger charge is -2.21. The summed E-state index contributed by atoms with van der Waals surface area (Å²) in [7, 11) is 0. The van der Waals surface area contributed by atoms with Gasteiger partial charge in [-0.25, -0.2) is 14.4 Å². The van der Waals surface area contributed by atoms with Crippen LogP contribution in [0.3, 0.4) is 0 Å². The van der Waals surface area contributed by atoms with E-state index in [2.05, 4.69) is 15.1 Å². The van der Waals surface area contributed by atoms with Gasteiger partial charge in [-0.15, -0.1) is 0 Å². The van der Waals surface area contributed by atoms with Crippen molar-refractivity contribution in [1.82, 2.24) is 9.97 Å². The van der Waals surface area contributed by atoms with Crippen LogP contribution in [0, 0.1) is 5.82 Å². The Hall–Kier alpha value is -1.92. The number of nitrogens with zero attached hydrogens (tertiary/aromatic N) is 4. The number of anilines is 1. The molecule has 7 heteroatoms. The van der Waals surface area contributed by atoms with Crippen LogP contribution in [0.25, 0.3) is 0 Å². The maximum Gasteiger partial charge on any atom is 0.225 e. The van der Waals surface area contributed by atoms with Crippen molar-refractivity contribution < 1.29 is 9.60 Å². The Morgan fingerprint density at radius 1 is 1.53 bits per heavy atom. The smallest absolute Gasteiger partial charge is 0.225 e. The van der Waals surface area contributed by atoms with E-state index in [1.807, 2.05) is 4.90 Å². The number of rotatable bonds is 5. The van der Waals surface area contributed by atoms with Crippen molar-refractivity contribution in [3.63, 3.8) is 0 Å². The summed E-state index contributed by atoms with van der Waals surface area (Å²) in [6, 6.07) is 0.381. The average molecular weight is 239 g/mol. The second-order valence-corrected chi connectivity index (χ2v) is 3.97. The summed E-state index contributed by atoms with van der Waals surface area (Å²) in [5, 5.41) is 11.4. The van der Waals surface area contributed by atoms with Crippen LogP contribution in [0.5, 0.6) is 0 Å². The minimum absolute atomic E-state index is 0.165. The van der Waals surface area contributed by atoms with E-state index in [-0.39, 0.29) is 5.84 Å². The van der Waals surface area contributed by atoms with Crippen molar-refractivity contribution in [2.75, 3.05) is 11.4 Å². The fourth-order valence-electron chi connectivity index (χ4n) is 1.57. The van der Waals surface area contributed by atoms with Crippen molar-refractivity contribution in [2.45, 2.75) is 25.3 Å². The summed E-state index contributed by atoms with van der Waals surface area (Å²) in [6.45, 7) is 0.562. The summed E-state index contributed by atoms with van der Waals surface area (Å²) >= 11 is 0. The highest BCUT2D eigenvalue weighted by Crippen LogP contribution is 2.29. The second-order valence-electron chi connectivity index (χ2n) is 3.97. The molecule has 6 nitrogen and oxygen atoms in total. The van der Waals surface area contributed by atoms with E-state index < -0.39 is 5.82 Å². The molecule has 1 heterocycles. The summed E-state index contributed by atoms with van der Waals surface area (Å²) in [5.41, 5.74) is 5.42. The number of hydrogen-bond acceptors (Lipinski definition) is 5. The molecule has 0 aromatic carbocycles. The first-order valence-electron chi connectivity index (χ1n) is 5.41. The van der Waals surface area contributed by atoms with Gasteiger partial charge >= 0.3 is 0 Å². The number of halogens is 1. The van der Waals surface area contributed by atoms with E-state index in [0.717, 1.165) is 25.2 Å². The summed E-state index contributed by atoms with van der Waals surface area (Å²) < 4.78 is 12.7. The third kappa shape index (κ3) is 3.02. The van der Waals surface area contributed by atoms with Gasteiger partial charge in [0.1, 0.15) is 5.84 Å². The molecule has 0 amide bonds. The van der Waals surface area contributed by atoms with Gasteiger partial charge in [0.2, 0.25) is 5.95 Å². The molecule has 1 aromatic heterocycles. The molecule has 1 saturated carbocycles. The molecule has 1 aromatic rings. The van der Waals surface area contributed by atoms with Gasteiger partial charge in [-0.1, -0.05) is 5.16 Å². The van der Waals surface area contributed by atoms with Gasteiger partial charge in [-0.05, 0) is 12.8 Å². The fraction of sp³-hybridized carbons (Fsp3) is 0.500. The zero-order chi connectivity index (χ0) is 12.3. The Morgan fingerprint density at radius 2 is 2.18 bits per heavy atom. The van der Waals surface area contributed by atoms with E-state index >= 15 is 0 Å². The molecule has 0 atom stereocenters. The van der Waals surface area contributed by atoms with Crippen molar-refractivity contribution in [1.29, 1.82) is 0 Å². The summed E-state index contributed by atoms with van der Waals surface area (Å²) in [6.07, 6.45) is 4.84. The van der Waals surface area contributed by atoms with Crippen LogP contribution in [0.15, 0.2) is 17.5 Å². The van der Waals surface area contributed by atoms with Gasteiger partial charge in [0.25, 0.3) is 0 Å². The van der Waals surface area contributed by atoms with Crippen molar-refractivity contribution in [2.24, 2.45) is 10.9 Å². The van der Waals surface area contributed by atoms with E-state index in [4.69, 9.17) is 10.9 Å². The maximum atomic E-state index is 12.7. The highest BCUT2D eigenvalue weighted by atomic mass is 19.1. The molecule has 1 fully saturated rings. The highest BCUT2D eigenvalue weighted by Gasteiger charge is 2.30. The standard InChI is InChI=1S/C10H14FN5O/c11-7-5-13-10(14-6-7)16(8-1-2-8)4-3-9(12)15-17/h5-6,8,17H,1-4H2,(H2,12,15). The largest absolute Gasteiger partial charge is 0.409 e. The van der Waals surface area contributed by atoms with Crippen LogP contribution < -0.4 is 10.6 Å². The topological polar surface area (TPSA) is 87.6 Å². The van der Waals surface area contributed by atoms with Gasteiger partial charge in [0, 0.05) is 19.0 Å². The van der Waals surface area contributed by atoms with Gasteiger partial charge in [-0.3, -0.25) is 0 Å². The highest BCUT2D eigenvalue weighted by molar-refractivity contribution is 5.80. The Labute approximate surface area is 98.0 Å². The van der Waals surface area contributed by atoms with E-state index in [1.54, 1.807) is 0 Å². The monoisotopic (exact) mass is 239 g/mol. The zero-order valence-corrected chi connectivity index (χ0v) is 9.25. The number of hydrogen-bond donors (Lipinski definition) is 2. The van der Waals surface area contributed by atoms with Crippen LogP contribution in [-0.2, 0) is 0 Å². The number of oxime groups is 1. The first-order valence-corrected chi connectivity index (χ1v) is 5.41. The molecule has 0 saturated heterocycles. The van der Waals surface area contributed by atoms with Gasteiger partial charge in [0.05, 0.1) is 12.4 Å². The average Bonchev–Trinajstić information content (AvgIpc) is 3.15. The van der Waals surface area contributed by atoms with Gasteiger partial charge < -0.3 is 15.8 Å². The molecular formula is C10H14FN5O. The maximum absolute atomic E-state index is 12.7. The van der Waals surface area contributed by atoms with E-state index in [1.165, 1.54) is 0 Å². The normalized spacial score (nSPS) is 15.9. The zero-order valence-electron chi connectivity index (χ0n) is 9.25. The lowest BCUT2D eigenvalue weighted by Crippen LogP contribution is -2.31. The van der Waals surface area contributed by atoms with E-state index in [9.17, 15) is 4.39 Å².